The van der Waals surface area contributed by atoms with Gasteiger partial charge in [0.2, 0.25) is 0 Å². The Balaban J connectivity index is 1.49. The Morgan fingerprint density at radius 3 is 2.66 bits per heavy atom. The summed E-state index contributed by atoms with van der Waals surface area (Å²) < 4.78 is 5.29. The van der Waals surface area contributed by atoms with Gasteiger partial charge in [0.15, 0.2) is 0 Å². The molecule has 1 aromatic carbocycles. The highest BCUT2D eigenvalue weighted by Gasteiger charge is 2.25. The van der Waals surface area contributed by atoms with Crippen molar-refractivity contribution in [2.75, 3.05) is 26.7 Å². The minimum atomic E-state index is -0.0424. The number of amides is 1. The van der Waals surface area contributed by atoms with Gasteiger partial charge in [0, 0.05) is 17.5 Å². The first kappa shape index (κ1) is 20.1. The summed E-state index contributed by atoms with van der Waals surface area (Å²) in [4.78, 5) is 20.7. The van der Waals surface area contributed by atoms with E-state index in [0.29, 0.717) is 11.4 Å². The van der Waals surface area contributed by atoms with Crippen molar-refractivity contribution in [1.82, 2.24) is 15.2 Å². The number of methoxy groups -OCH3 is 1. The second-order valence-corrected chi connectivity index (χ2v) is 8.97. The second-order valence-electron chi connectivity index (χ2n) is 7.19. The Hall–Kier alpha value is -2.22. The molecule has 29 heavy (non-hydrogen) atoms. The molecular weight excluding hydrogens is 402 g/mol. The van der Waals surface area contributed by atoms with Crippen LogP contribution in [0.25, 0.3) is 10.6 Å². The average Bonchev–Trinajstić information content (AvgIpc) is 3.50. The third kappa shape index (κ3) is 4.52. The number of thiophene rings is 1. The van der Waals surface area contributed by atoms with E-state index >= 15 is 0 Å². The van der Waals surface area contributed by atoms with Crippen molar-refractivity contribution in [3.63, 3.8) is 0 Å². The number of aromatic nitrogens is 1. The van der Waals surface area contributed by atoms with Gasteiger partial charge >= 0.3 is 0 Å². The van der Waals surface area contributed by atoms with Crippen LogP contribution in [0, 0.1) is 6.92 Å². The number of nitrogens with one attached hydrogen (secondary N) is 1. The molecule has 5 nitrogen and oxygen atoms in total. The number of likely N-dealkylation sites (tertiary alicyclic amines) is 1. The molecule has 152 valence electrons. The number of aryl methyl sites for hydroxylation is 1. The van der Waals surface area contributed by atoms with E-state index < -0.39 is 0 Å². The van der Waals surface area contributed by atoms with Crippen LogP contribution >= 0.6 is 22.7 Å². The monoisotopic (exact) mass is 427 g/mol. The molecule has 0 radical (unpaired) electrons. The molecule has 1 N–H and O–H groups in total. The maximum absolute atomic E-state index is 12.9. The molecule has 1 fully saturated rings. The summed E-state index contributed by atoms with van der Waals surface area (Å²) >= 11 is 3.10. The number of ether oxygens (including phenoxy) is 1. The molecule has 4 rings (SSSR count). The number of carbonyl (C=O) groups excluding carboxylic acids is 1. The van der Waals surface area contributed by atoms with Crippen LogP contribution in [0.1, 0.15) is 39.8 Å². The molecule has 0 saturated carbocycles. The van der Waals surface area contributed by atoms with Crippen LogP contribution in [0.15, 0.2) is 41.1 Å². The van der Waals surface area contributed by atoms with Gasteiger partial charge in [0.1, 0.15) is 15.6 Å². The minimum absolute atomic E-state index is 0.0424. The highest BCUT2D eigenvalue weighted by Crippen LogP contribution is 2.30. The van der Waals surface area contributed by atoms with E-state index in [-0.39, 0.29) is 11.9 Å². The van der Waals surface area contributed by atoms with Gasteiger partial charge in [0.05, 0.1) is 18.8 Å². The summed E-state index contributed by atoms with van der Waals surface area (Å²) in [5, 5.41) is 8.16. The van der Waals surface area contributed by atoms with Gasteiger partial charge < -0.3 is 10.1 Å². The molecule has 1 amide bonds. The van der Waals surface area contributed by atoms with Crippen molar-refractivity contribution in [2.45, 2.75) is 25.8 Å². The van der Waals surface area contributed by atoms with E-state index in [9.17, 15) is 4.79 Å². The standard InChI is InChI=1S/C22H25N3O2S2/c1-15-20(29-22(24-15)17-9-12-28-14-17)21(26)23-13-19(25-10-3-4-11-25)16-5-7-18(27-2)8-6-16/h5-9,12,14,19H,3-4,10-11,13H2,1-2H3,(H,23,26)/t19-/m0/s1. The second kappa shape index (κ2) is 9.07. The van der Waals surface area contributed by atoms with Crippen molar-refractivity contribution < 1.29 is 9.53 Å². The van der Waals surface area contributed by atoms with E-state index in [1.807, 2.05) is 30.5 Å². The van der Waals surface area contributed by atoms with Crippen molar-refractivity contribution in [1.29, 1.82) is 0 Å². The third-order valence-electron chi connectivity index (χ3n) is 5.31. The number of hydrogen-bond donors (Lipinski definition) is 1. The molecule has 7 heteroatoms. The summed E-state index contributed by atoms with van der Waals surface area (Å²) in [6.45, 7) is 4.61. The largest absolute Gasteiger partial charge is 0.497 e. The molecule has 2 aromatic heterocycles. The Labute approximate surface area is 179 Å². The van der Waals surface area contributed by atoms with Crippen LogP contribution in [0.2, 0.25) is 0 Å². The maximum atomic E-state index is 12.9. The Kier molecular flexibility index (Phi) is 6.28. The predicted octanol–water partition coefficient (Wildman–Crippen LogP) is 4.76. The predicted molar refractivity (Wildman–Crippen MR) is 119 cm³/mol. The highest BCUT2D eigenvalue weighted by molar-refractivity contribution is 7.17. The minimum Gasteiger partial charge on any atom is -0.497 e. The van der Waals surface area contributed by atoms with Gasteiger partial charge in [-0.1, -0.05) is 12.1 Å². The van der Waals surface area contributed by atoms with Crippen LogP contribution in [-0.4, -0.2) is 42.5 Å². The topological polar surface area (TPSA) is 54.5 Å². The smallest absolute Gasteiger partial charge is 0.263 e. The van der Waals surface area contributed by atoms with Crippen LogP contribution in [-0.2, 0) is 0 Å². The van der Waals surface area contributed by atoms with Crippen molar-refractivity contribution in [2.24, 2.45) is 0 Å². The number of rotatable bonds is 7. The SMILES string of the molecule is COc1ccc([C@H](CNC(=O)c2sc(-c3ccsc3)nc2C)N2CCCC2)cc1. The van der Waals surface area contributed by atoms with Gasteiger partial charge in [-0.3, -0.25) is 9.69 Å². The van der Waals surface area contributed by atoms with Gasteiger partial charge in [-0.2, -0.15) is 11.3 Å². The zero-order chi connectivity index (χ0) is 20.2. The molecule has 1 aliphatic rings. The van der Waals surface area contributed by atoms with E-state index in [2.05, 4.69) is 32.7 Å². The summed E-state index contributed by atoms with van der Waals surface area (Å²) in [5.74, 6) is 0.804. The van der Waals surface area contributed by atoms with Gasteiger partial charge in [-0.25, -0.2) is 4.98 Å². The Morgan fingerprint density at radius 1 is 1.24 bits per heavy atom. The Bertz CT molecular complexity index is 945. The summed E-state index contributed by atoms with van der Waals surface area (Å²) in [6.07, 6.45) is 2.41. The normalized spacial score (nSPS) is 15.4. The average molecular weight is 428 g/mol. The van der Waals surface area contributed by atoms with Crippen molar-refractivity contribution >= 4 is 28.6 Å². The summed E-state index contributed by atoms with van der Waals surface area (Å²) in [7, 11) is 1.68. The molecule has 3 aromatic rings. The first-order valence-corrected chi connectivity index (χ1v) is 11.6. The number of carbonyl (C=O) groups is 1. The molecule has 0 spiro atoms. The van der Waals surface area contributed by atoms with Gasteiger partial charge in [-0.15, -0.1) is 11.3 Å². The first-order valence-electron chi connectivity index (χ1n) is 9.82. The molecule has 3 heterocycles. The lowest BCUT2D eigenvalue weighted by molar-refractivity contribution is 0.0941. The van der Waals surface area contributed by atoms with E-state index in [0.717, 1.165) is 35.1 Å². The fourth-order valence-corrected chi connectivity index (χ4v) is 5.42. The highest BCUT2D eigenvalue weighted by atomic mass is 32.1. The number of benzene rings is 1. The van der Waals surface area contributed by atoms with E-state index in [1.54, 1.807) is 18.4 Å². The molecule has 1 saturated heterocycles. The maximum Gasteiger partial charge on any atom is 0.263 e. The quantitative estimate of drug-likeness (QED) is 0.591. The fraction of sp³-hybridized carbons (Fsp3) is 0.364. The van der Waals surface area contributed by atoms with E-state index in [1.165, 1.54) is 29.7 Å². The molecule has 0 aliphatic carbocycles. The lowest BCUT2D eigenvalue weighted by Gasteiger charge is -2.28. The van der Waals surface area contributed by atoms with Gasteiger partial charge in [0.25, 0.3) is 5.91 Å². The van der Waals surface area contributed by atoms with Crippen LogP contribution in [0.3, 0.4) is 0 Å². The molecule has 0 bridgehead atoms. The number of nitrogens with zero attached hydrogens (tertiary/aromatic N) is 2. The fourth-order valence-electron chi connectivity index (χ4n) is 3.72. The zero-order valence-electron chi connectivity index (χ0n) is 16.7. The van der Waals surface area contributed by atoms with Crippen molar-refractivity contribution in [3.05, 3.63) is 57.2 Å². The van der Waals surface area contributed by atoms with Crippen LogP contribution in [0.5, 0.6) is 5.75 Å². The number of hydrogen-bond acceptors (Lipinski definition) is 6. The zero-order valence-corrected chi connectivity index (χ0v) is 18.3. The third-order valence-corrected chi connectivity index (χ3v) is 7.20. The molecule has 1 atom stereocenters. The van der Waals surface area contributed by atoms with Crippen molar-refractivity contribution in [3.8, 4) is 16.3 Å². The van der Waals surface area contributed by atoms with Crippen LogP contribution < -0.4 is 10.1 Å². The number of thiazole rings is 1. The molecular formula is C22H25N3O2S2. The van der Waals surface area contributed by atoms with Gasteiger partial charge in [-0.05, 0) is 62.0 Å². The Morgan fingerprint density at radius 2 is 2.00 bits per heavy atom. The first-order chi connectivity index (χ1) is 14.2. The molecule has 1 aliphatic heterocycles. The lowest BCUT2D eigenvalue weighted by Crippen LogP contribution is -2.36. The summed E-state index contributed by atoms with van der Waals surface area (Å²) in [6, 6.07) is 10.4. The summed E-state index contributed by atoms with van der Waals surface area (Å²) in [5.41, 5.74) is 3.07. The molecule has 0 unspecified atom stereocenters. The van der Waals surface area contributed by atoms with Crippen LogP contribution in [0.4, 0.5) is 0 Å². The van der Waals surface area contributed by atoms with E-state index in [4.69, 9.17) is 4.74 Å². The lowest BCUT2D eigenvalue weighted by atomic mass is 10.1.